The van der Waals surface area contributed by atoms with Gasteiger partial charge in [0.2, 0.25) is 0 Å². The maximum absolute atomic E-state index is 14.8. The zero-order valence-electron chi connectivity index (χ0n) is 21.7. The Balaban J connectivity index is 1.44. The van der Waals surface area contributed by atoms with Crippen LogP contribution < -0.4 is 0 Å². The fourth-order valence-electron chi connectivity index (χ4n) is 5.28. The van der Waals surface area contributed by atoms with Crippen molar-refractivity contribution in [3.8, 4) is 45.6 Å². The SMILES string of the molecule is N#Cc1cccc(-c2ccc3c(c2)nc(-c2ccc(-c4c(F)c(F)c(C#N)c(F)c4F)cc2)c2ccc4nsnc4c23)c1. The van der Waals surface area contributed by atoms with Crippen LogP contribution in [-0.2, 0) is 0 Å². The van der Waals surface area contributed by atoms with Gasteiger partial charge in [0.1, 0.15) is 22.7 Å². The Kier molecular flexibility index (Phi) is 6.08. The normalized spacial score (nSPS) is 11.2. The average molecular weight is 588 g/mol. The fraction of sp³-hybridized carbons (Fsp3) is 0. The molecule has 0 saturated carbocycles. The Hall–Kier alpha value is -5.71. The molecule has 0 aliphatic carbocycles. The molecule has 0 aliphatic rings. The van der Waals surface area contributed by atoms with Crippen molar-refractivity contribution in [2.75, 3.05) is 0 Å². The molecule has 0 atom stereocenters. The number of aromatic nitrogens is 3. The van der Waals surface area contributed by atoms with Crippen molar-refractivity contribution in [3.05, 3.63) is 113 Å². The second-order valence-electron chi connectivity index (χ2n) is 9.70. The number of hydrogen-bond acceptors (Lipinski definition) is 6. The molecule has 5 aromatic carbocycles. The van der Waals surface area contributed by atoms with Crippen LogP contribution >= 0.6 is 11.7 Å². The molecular weight excluding hydrogens is 574 g/mol. The van der Waals surface area contributed by atoms with E-state index in [2.05, 4.69) is 14.8 Å². The van der Waals surface area contributed by atoms with Gasteiger partial charge in [0, 0.05) is 21.7 Å². The molecule has 0 spiro atoms. The minimum absolute atomic E-state index is 0.114. The second-order valence-corrected chi connectivity index (χ2v) is 10.2. The Bertz CT molecular complexity index is 2340. The first kappa shape index (κ1) is 26.2. The van der Waals surface area contributed by atoms with Crippen LogP contribution in [-0.4, -0.2) is 13.7 Å². The lowest BCUT2D eigenvalue weighted by Crippen LogP contribution is -2.03. The third-order valence-corrected chi connectivity index (χ3v) is 7.87. The minimum atomic E-state index is -1.75. The molecule has 204 valence electrons. The summed E-state index contributed by atoms with van der Waals surface area (Å²) in [5.41, 5.74) is 3.04. The lowest BCUT2D eigenvalue weighted by Gasteiger charge is -2.13. The first-order valence-electron chi connectivity index (χ1n) is 12.8. The number of benzene rings is 5. The molecule has 2 aromatic heterocycles. The highest BCUT2D eigenvalue weighted by Crippen LogP contribution is 2.39. The van der Waals surface area contributed by atoms with E-state index < -0.39 is 34.4 Å². The Morgan fingerprint density at radius 2 is 1.28 bits per heavy atom. The van der Waals surface area contributed by atoms with E-state index in [-0.39, 0.29) is 5.56 Å². The molecule has 43 heavy (non-hydrogen) atoms. The second kappa shape index (κ2) is 9.98. The van der Waals surface area contributed by atoms with Crippen LogP contribution in [0.4, 0.5) is 17.6 Å². The molecule has 0 unspecified atom stereocenters. The lowest BCUT2D eigenvalue weighted by atomic mass is 9.95. The van der Waals surface area contributed by atoms with Gasteiger partial charge in [0.15, 0.2) is 23.3 Å². The van der Waals surface area contributed by atoms with E-state index >= 15 is 0 Å². The van der Waals surface area contributed by atoms with Gasteiger partial charge in [0.05, 0.1) is 40.1 Å². The van der Waals surface area contributed by atoms with Gasteiger partial charge in [-0.3, -0.25) is 0 Å². The molecule has 0 amide bonds. The maximum atomic E-state index is 14.8. The van der Waals surface area contributed by atoms with Crippen LogP contribution in [0.2, 0.25) is 0 Å². The van der Waals surface area contributed by atoms with Crippen molar-refractivity contribution in [3.63, 3.8) is 0 Å². The Labute approximate surface area is 244 Å². The molecule has 0 aliphatic heterocycles. The summed E-state index contributed by atoms with van der Waals surface area (Å²) in [4.78, 5) is 4.97. The van der Waals surface area contributed by atoms with Gasteiger partial charge in [0.25, 0.3) is 0 Å². The summed E-state index contributed by atoms with van der Waals surface area (Å²) in [6.45, 7) is 0. The van der Waals surface area contributed by atoms with Crippen molar-refractivity contribution < 1.29 is 17.6 Å². The number of hydrogen-bond donors (Lipinski definition) is 0. The molecule has 2 heterocycles. The first-order chi connectivity index (χ1) is 20.9. The van der Waals surface area contributed by atoms with E-state index in [0.717, 1.165) is 45.1 Å². The molecule has 10 heteroatoms. The third kappa shape index (κ3) is 4.08. The lowest BCUT2D eigenvalue weighted by molar-refractivity contribution is 0.454. The highest BCUT2D eigenvalue weighted by molar-refractivity contribution is 7.00. The van der Waals surface area contributed by atoms with Gasteiger partial charge in [-0.1, -0.05) is 48.5 Å². The Morgan fingerprint density at radius 1 is 0.605 bits per heavy atom. The number of pyridine rings is 1. The number of halogens is 4. The highest BCUT2D eigenvalue weighted by Gasteiger charge is 2.26. The molecule has 0 saturated heterocycles. The van der Waals surface area contributed by atoms with Crippen molar-refractivity contribution in [1.29, 1.82) is 10.5 Å². The molecule has 0 N–H and O–H groups in total. The zero-order chi connectivity index (χ0) is 29.8. The van der Waals surface area contributed by atoms with E-state index in [4.69, 9.17) is 10.2 Å². The molecule has 5 nitrogen and oxygen atoms in total. The van der Waals surface area contributed by atoms with Crippen molar-refractivity contribution in [1.82, 2.24) is 13.7 Å². The summed E-state index contributed by atoms with van der Waals surface area (Å²) in [7, 11) is 0. The van der Waals surface area contributed by atoms with Gasteiger partial charge < -0.3 is 0 Å². The zero-order valence-corrected chi connectivity index (χ0v) is 22.5. The summed E-state index contributed by atoms with van der Waals surface area (Å²) >= 11 is 1.09. The van der Waals surface area contributed by atoms with Gasteiger partial charge in [-0.2, -0.15) is 19.3 Å². The van der Waals surface area contributed by atoms with Crippen molar-refractivity contribution in [2.24, 2.45) is 0 Å². The molecule has 7 aromatic rings. The summed E-state index contributed by atoms with van der Waals surface area (Å²) in [5.74, 6) is -6.80. The predicted molar refractivity (Wildman–Crippen MR) is 156 cm³/mol. The van der Waals surface area contributed by atoms with Crippen molar-refractivity contribution >= 4 is 44.4 Å². The summed E-state index contributed by atoms with van der Waals surface area (Å²) in [6.07, 6.45) is 0. The van der Waals surface area contributed by atoms with Crippen LogP contribution in [0.1, 0.15) is 11.1 Å². The standard InChI is InChI=1S/C33H13F4N5S/c34-28-23(15-39)29(35)31(37)26(30(28)36)17-4-6-18(7-5-17)32-22-10-11-24-33(42-43-41-24)27(22)21-9-8-20(13-25(21)40-32)19-3-1-2-16(12-19)14-38/h1-13H. The quantitative estimate of drug-likeness (QED) is 0.117. The van der Waals surface area contributed by atoms with Gasteiger partial charge >= 0.3 is 0 Å². The topological polar surface area (TPSA) is 86.2 Å². The number of rotatable bonds is 3. The van der Waals surface area contributed by atoms with Gasteiger partial charge in [-0.15, -0.1) is 0 Å². The van der Waals surface area contributed by atoms with Crippen LogP contribution in [0.25, 0.3) is 66.2 Å². The monoisotopic (exact) mass is 587 g/mol. The van der Waals surface area contributed by atoms with E-state index in [0.29, 0.717) is 33.4 Å². The highest BCUT2D eigenvalue weighted by atomic mass is 32.1. The van der Waals surface area contributed by atoms with E-state index in [1.165, 1.54) is 12.1 Å². The smallest absolute Gasteiger partial charge is 0.180 e. The van der Waals surface area contributed by atoms with Gasteiger partial charge in [-0.05, 0) is 47.0 Å². The predicted octanol–water partition coefficient (Wildman–Crippen LogP) is 8.69. The van der Waals surface area contributed by atoms with Crippen LogP contribution in [0.15, 0.2) is 78.9 Å². The third-order valence-electron chi connectivity index (χ3n) is 7.33. The molecule has 0 radical (unpaired) electrons. The summed E-state index contributed by atoms with van der Waals surface area (Å²) in [6, 6.07) is 25.8. The average Bonchev–Trinajstić information content (AvgIpc) is 3.53. The van der Waals surface area contributed by atoms with Gasteiger partial charge in [-0.25, -0.2) is 22.5 Å². The molecule has 0 bridgehead atoms. The van der Waals surface area contributed by atoms with Crippen LogP contribution in [0.3, 0.4) is 0 Å². The van der Waals surface area contributed by atoms with E-state index in [9.17, 15) is 22.8 Å². The first-order valence-corrected chi connectivity index (χ1v) is 13.5. The maximum Gasteiger partial charge on any atom is 0.180 e. The number of fused-ring (bicyclic) bond motifs is 5. The van der Waals surface area contributed by atoms with Crippen molar-refractivity contribution in [2.45, 2.75) is 0 Å². The Morgan fingerprint density at radius 3 is 2.00 bits per heavy atom. The van der Waals surface area contributed by atoms with Crippen LogP contribution in [0, 0.1) is 45.9 Å². The number of nitrogens with zero attached hydrogens (tertiary/aromatic N) is 5. The summed E-state index contributed by atoms with van der Waals surface area (Å²) in [5, 5.41) is 20.7. The fourth-order valence-corrected chi connectivity index (χ4v) is 5.83. The largest absolute Gasteiger partial charge is 0.247 e. The van der Waals surface area contributed by atoms with Crippen LogP contribution in [0.5, 0.6) is 0 Å². The molecule has 0 fully saturated rings. The minimum Gasteiger partial charge on any atom is -0.247 e. The number of nitriles is 2. The van der Waals surface area contributed by atoms with E-state index in [1.54, 1.807) is 30.3 Å². The summed E-state index contributed by atoms with van der Waals surface area (Å²) < 4.78 is 67.0. The molecular formula is C33H13F4N5S. The van der Waals surface area contributed by atoms with E-state index in [1.807, 2.05) is 36.4 Å². The molecule has 7 rings (SSSR count).